The summed E-state index contributed by atoms with van der Waals surface area (Å²) in [7, 11) is 0. The number of pyridine rings is 2. The molecule has 0 amide bonds. The molecule has 0 spiro atoms. The van der Waals surface area contributed by atoms with Crippen LogP contribution in [0.25, 0.3) is 16.8 Å². The van der Waals surface area contributed by atoms with Gasteiger partial charge in [0.1, 0.15) is 17.9 Å². The molecular formula is C22H16F3N5O3. The van der Waals surface area contributed by atoms with Crippen molar-refractivity contribution in [2.45, 2.75) is 19.1 Å². The number of hydrogen-bond donors (Lipinski definition) is 1. The number of aromatic nitrogens is 4. The zero-order valence-electron chi connectivity index (χ0n) is 17.0. The molecule has 0 bridgehead atoms. The van der Waals surface area contributed by atoms with Crippen molar-refractivity contribution in [2.75, 3.05) is 18.5 Å². The van der Waals surface area contributed by atoms with Crippen molar-refractivity contribution in [2.24, 2.45) is 0 Å². The van der Waals surface area contributed by atoms with Gasteiger partial charge >= 0.3 is 6.61 Å². The third-order valence-corrected chi connectivity index (χ3v) is 5.78. The Hall–Kier alpha value is -4.02. The average molecular weight is 455 g/mol. The molecule has 6 rings (SSSR count). The normalized spacial score (nSPS) is 16.7. The highest BCUT2D eigenvalue weighted by molar-refractivity contribution is 5.84. The van der Waals surface area contributed by atoms with Crippen LogP contribution in [0.3, 0.4) is 0 Å². The third kappa shape index (κ3) is 3.19. The number of ether oxygens (including phenoxy) is 3. The molecule has 8 nitrogen and oxygen atoms in total. The van der Waals surface area contributed by atoms with E-state index in [1.165, 1.54) is 18.6 Å². The number of nitrogens with zero attached hydrogens (tertiary/aromatic N) is 4. The van der Waals surface area contributed by atoms with Crippen molar-refractivity contribution in [3.05, 3.63) is 59.8 Å². The Morgan fingerprint density at radius 3 is 2.82 bits per heavy atom. The average Bonchev–Trinajstić information content (AvgIpc) is 3.45. The highest BCUT2D eigenvalue weighted by Gasteiger charge is 2.32. The number of rotatable bonds is 3. The van der Waals surface area contributed by atoms with E-state index in [0.29, 0.717) is 46.3 Å². The van der Waals surface area contributed by atoms with Gasteiger partial charge in [-0.05, 0) is 30.3 Å². The fourth-order valence-corrected chi connectivity index (χ4v) is 4.36. The zero-order chi connectivity index (χ0) is 22.5. The molecule has 0 radical (unpaired) electrons. The van der Waals surface area contributed by atoms with Gasteiger partial charge in [0, 0.05) is 35.0 Å². The molecule has 168 valence electrons. The SMILES string of the molecule is Fc1ccc2c3c1CNc1c(cc(-c4cccnc4OC(F)F)c4nncn14)OC[C@@H]3CO2. The summed E-state index contributed by atoms with van der Waals surface area (Å²) in [4.78, 5) is 3.94. The minimum atomic E-state index is -3.04. The van der Waals surface area contributed by atoms with Crippen molar-refractivity contribution in [1.29, 1.82) is 0 Å². The summed E-state index contributed by atoms with van der Waals surface area (Å²) in [5.74, 6) is 0.849. The van der Waals surface area contributed by atoms with Crippen LogP contribution in [0.2, 0.25) is 0 Å². The van der Waals surface area contributed by atoms with Crippen LogP contribution in [0.4, 0.5) is 19.0 Å². The Kier molecular flexibility index (Phi) is 4.49. The number of halogens is 3. The Bertz CT molecular complexity index is 1380. The maximum atomic E-state index is 14.7. The van der Waals surface area contributed by atoms with Gasteiger partial charge in [-0.3, -0.25) is 4.40 Å². The van der Waals surface area contributed by atoms with Crippen molar-refractivity contribution < 1.29 is 27.4 Å². The molecule has 0 saturated heterocycles. The molecule has 1 N–H and O–H groups in total. The number of nitrogens with one attached hydrogen (secondary N) is 1. The van der Waals surface area contributed by atoms with E-state index in [2.05, 4.69) is 25.2 Å². The molecule has 1 aromatic carbocycles. The lowest BCUT2D eigenvalue weighted by molar-refractivity contribution is -0.0524. The second kappa shape index (κ2) is 7.54. The van der Waals surface area contributed by atoms with Gasteiger partial charge in [0.15, 0.2) is 17.2 Å². The van der Waals surface area contributed by atoms with Crippen LogP contribution in [0.5, 0.6) is 17.4 Å². The largest absolute Gasteiger partial charge is 0.493 e. The molecule has 2 aliphatic heterocycles. The molecule has 1 atom stereocenters. The van der Waals surface area contributed by atoms with Gasteiger partial charge in [-0.25, -0.2) is 9.37 Å². The predicted molar refractivity (Wildman–Crippen MR) is 110 cm³/mol. The maximum Gasteiger partial charge on any atom is 0.388 e. The summed E-state index contributed by atoms with van der Waals surface area (Å²) in [5, 5.41) is 11.4. The summed E-state index contributed by atoms with van der Waals surface area (Å²) in [5.41, 5.74) is 2.43. The van der Waals surface area contributed by atoms with Gasteiger partial charge in [-0.1, -0.05) is 0 Å². The first-order valence-electron chi connectivity index (χ1n) is 10.2. The van der Waals surface area contributed by atoms with E-state index in [-0.39, 0.29) is 30.8 Å². The van der Waals surface area contributed by atoms with E-state index >= 15 is 0 Å². The van der Waals surface area contributed by atoms with Gasteiger partial charge in [-0.15, -0.1) is 10.2 Å². The van der Waals surface area contributed by atoms with Crippen LogP contribution >= 0.6 is 0 Å². The van der Waals surface area contributed by atoms with E-state index in [0.717, 1.165) is 5.56 Å². The second-order valence-electron chi connectivity index (χ2n) is 7.64. The molecule has 0 unspecified atom stereocenters. The number of fused-ring (bicyclic) bond motifs is 3. The Balaban J connectivity index is 1.50. The van der Waals surface area contributed by atoms with Crippen LogP contribution < -0.4 is 19.5 Å². The number of benzene rings is 1. The first-order chi connectivity index (χ1) is 16.1. The van der Waals surface area contributed by atoms with E-state index in [1.54, 1.807) is 28.7 Å². The third-order valence-electron chi connectivity index (χ3n) is 5.78. The quantitative estimate of drug-likeness (QED) is 0.500. The van der Waals surface area contributed by atoms with Gasteiger partial charge in [-0.2, -0.15) is 8.78 Å². The number of hydrogen-bond acceptors (Lipinski definition) is 7. The first-order valence-corrected chi connectivity index (χ1v) is 10.2. The van der Waals surface area contributed by atoms with Gasteiger partial charge < -0.3 is 19.5 Å². The Morgan fingerprint density at radius 2 is 1.97 bits per heavy atom. The van der Waals surface area contributed by atoms with Crippen molar-refractivity contribution in [1.82, 2.24) is 19.6 Å². The minimum Gasteiger partial charge on any atom is -0.493 e. The Morgan fingerprint density at radius 1 is 1.12 bits per heavy atom. The van der Waals surface area contributed by atoms with E-state index in [4.69, 9.17) is 9.47 Å². The molecule has 0 aliphatic carbocycles. The number of anilines is 1. The fourth-order valence-electron chi connectivity index (χ4n) is 4.36. The van der Waals surface area contributed by atoms with Crippen LogP contribution in [-0.2, 0) is 6.54 Å². The first kappa shape index (κ1) is 19.6. The van der Waals surface area contributed by atoms with Crippen molar-refractivity contribution in [3.63, 3.8) is 0 Å². The summed E-state index contributed by atoms with van der Waals surface area (Å²) in [6, 6.07) is 7.90. The molecule has 2 aliphatic rings. The lowest BCUT2D eigenvalue weighted by atomic mass is 9.96. The lowest BCUT2D eigenvalue weighted by Gasteiger charge is -2.17. The highest BCUT2D eigenvalue weighted by Crippen LogP contribution is 2.42. The van der Waals surface area contributed by atoms with Crippen LogP contribution in [0.15, 0.2) is 42.9 Å². The standard InChI is InChI=1S/C22H16F3N5O3/c23-15-3-4-16-18-11(8-31-16)9-32-17-6-13(12-2-1-5-26-21(12)33-22(24)25)19-29-28-10-30(19)20(17)27-7-14(15)18/h1-6,10-11,22,27H,7-9H2/t11-/m0/s1. The monoisotopic (exact) mass is 455 g/mol. The van der Waals surface area contributed by atoms with Crippen LogP contribution in [0.1, 0.15) is 17.0 Å². The molecule has 4 aromatic rings. The van der Waals surface area contributed by atoms with Gasteiger partial charge in [0.25, 0.3) is 0 Å². The summed E-state index contributed by atoms with van der Waals surface area (Å²) in [6.07, 6.45) is 2.83. The maximum absolute atomic E-state index is 14.7. The predicted octanol–water partition coefficient (Wildman–Crippen LogP) is 4.01. The smallest absolute Gasteiger partial charge is 0.388 e. The summed E-state index contributed by atoms with van der Waals surface area (Å²) >= 11 is 0. The Labute approximate surface area is 184 Å². The van der Waals surface area contributed by atoms with E-state index in [1.807, 2.05) is 0 Å². The molecule has 11 heteroatoms. The van der Waals surface area contributed by atoms with Crippen LogP contribution in [0, 0.1) is 5.82 Å². The van der Waals surface area contributed by atoms with E-state index < -0.39 is 6.61 Å². The van der Waals surface area contributed by atoms with Gasteiger partial charge in [0.05, 0.1) is 19.1 Å². The van der Waals surface area contributed by atoms with Crippen molar-refractivity contribution >= 4 is 11.5 Å². The molecule has 5 heterocycles. The second-order valence-corrected chi connectivity index (χ2v) is 7.64. The van der Waals surface area contributed by atoms with Crippen molar-refractivity contribution in [3.8, 4) is 28.5 Å². The molecule has 3 aromatic heterocycles. The zero-order valence-corrected chi connectivity index (χ0v) is 17.0. The van der Waals surface area contributed by atoms with Gasteiger partial charge in [0.2, 0.25) is 5.88 Å². The topological polar surface area (TPSA) is 82.8 Å². The molecular weight excluding hydrogens is 439 g/mol. The summed E-state index contributed by atoms with van der Waals surface area (Å²) < 4.78 is 58.8. The number of alkyl halides is 2. The lowest BCUT2D eigenvalue weighted by Crippen LogP contribution is -2.13. The molecule has 0 saturated carbocycles. The van der Waals surface area contributed by atoms with E-state index in [9.17, 15) is 13.2 Å². The van der Waals surface area contributed by atoms with Crippen LogP contribution in [-0.4, -0.2) is 39.4 Å². The molecule has 33 heavy (non-hydrogen) atoms. The highest BCUT2D eigenvalue weighted by atomic mass is 19.3. The summed E-state index contributed by atoms with van der Waals surface area (Å²) in [6.45, 7) is -2.25. The molecule has 0 fully saturated rings. The fraction of sp³-hybridized carbons (Fsp3) is 0.227. The minimum absolute atomic E-state index is 0.158.